The van der Waals surface area contributed by atoms with Crippen molar-refractivity contribution in [3.8, 4) is 5.75 Å². The van der Waals surface area contributed by atoms with Crippen LogP contribution in [0.1, 0.15) is 28.4 Å². The van der Waals surface area contributed by atoms with Gasteiger partial charge in [-0.3, -0.25) is 9.78 Å². The van der Waals surface area contributed by atoms with Crippen molar-refractivity contribution in [2.75, 3.05) is 0 Å². The number of hydrogen-bond acceptors (Lipinski definition) is 3. The highest BCUT2D eigenvalue weighted by Crippen LogP contribution is 2.14. The van der Waals surface area contributed by atoms with Gasteiger partial charge in [0, 0.05) is 12.7 Å². The molecule has 1 aromatic carbocycles. The van der Waals surface area contributed by atoms with Gasteiger partial charge in [0.25, 0.3) is 5.91 Å². The highest BCUT2D eigenvalue weighted by atomic mass is 16.3. The molecule has 19 heavy (non-hydrogen) atoms. The Labute approximate surface area is 112 Å². The van der Waals surface area contributed by atoms with Crippen molar-refractivity contribution in [2.45, 2.75) is 19.9 Å². The fraction of sp³-hybridized carbons (Fsp3) is 0.200. The molecule has 0 saturated carbocycles. The molecule has 0 aliphatic heterocycles. The first kappa shape index (κ1) is 13.1. The maximum absolute atomic E-state index is 11.9. The smallest absolute Gasteiger partial charge is 0.255 e. The van der Waals surface area contributed by atoms with Crippen LogP contribution in [0.5, 0.6) is 5.75 Å². The zero-order valence-corrected chi connectivity index (χ0v) is 10.8. The predicted octanol–water partition coefficient (Wildman–Crippen LogP) is 2.28. The van der Waals surface area contributed by atoms with E-state index >= 15 is 0 Å². The molecule has 0 bridgehead atoms. The molecular weight excluding hydrogens is 240 g/mol. The van der Waals surface area contributed by atoms with E-state index in [0.717, 1.165) is 12.0 Å². The van der Waals surface area contributed by atoms with E-state index in [1.54, 1.807) is 0 Å². The molecule has 98 valence electrons. The number of aromatic nitrogens is 1. The number of aromatic hydroxyl groups is 1. The summed E-state index contributed by atoms with van der Waals surface area (Å²) in [6, 6.07) is 9.47. The largest absolute Gasteiger partial charge is 0.505 e. The fourth-order valence-corrected chi connectivity index (χ4v) is 1.92. The molecule has 0 unspecified atom stereocenters. The Balaban J connectivity index is 2.07. The summed E-state index contributed by atoms with van der Waals surface area (Å²) >= 11 is 0. The van der Waals surface area contributed by atoms with Crippen LogP contribution in [0.3, 0.4) is 0 Å². The lowest BCUT2D eigenvalue weighted by molar-refractivity contribution is 0.0948. The van der Waals surface area contributed by atoms with Gasteiger partial charge in [-0.2, -0.15) is 0 Å². The lowest BCUT2D eigenvalue weighted by Crippen LogP contribution is -2.23. The minimum absolute atomic E-state index is 0.108. The molecule has 1 heterocycles. The molecule has 0 aliphatic carbocycles. The van der Waals surface area contributed by atoms with Gasteiger partial charge in [-0.25, -0.2) is 0 Å². The lowest BCUT2D eigenvalue weighted by atomic mass is 10.1. The topological polar surface area (TPSA) is 62.2 Å². The number of amides is 1. The normalized spacial score (nSPS) is 10.2. The summed E-state index contributed by atoms with van der Waals surface area (Å²) in [6.07, 6.45) is 3.66. The van der Waals surface area contributed by atoms with Gasteiger partial charge in [-0.15, -0.1) is 0 Å². The number of nitrogens with one attached hydrogen (secondary N) is 1. The van der Waals surface area contributed by atoms with Gasteiger partial charge in [0.15, 0.2) is 0 Å². The number of carbonyl (C=O) groups excluding carboxylic acids is 1. The maximum atomic E-state index is 11.9. The second kappa shape index (κ2) is 6.00. The Bertz CT molecular complexity index is 582. The molecule has 4 nitrogen and oxygen atoms in total. The van der Waals surface area contributed by atoms with Crippen LogP contribution >= 0.6 is 0 Å². The summed E-state index contributed by atoms with van der Waals surface area (Å²) in [5.41, 5.74) is 2.54. The third-order valence-corrected chi connectivity index (χ3v) is 2.98. The number of aryl methyl sites for hydroxylation is 1. The Morgan fingerprint density at radius 3 is 2.68 bits per heavy atom. The van der Waals surface area contributed by atoms with Gasteiger partial charge >= 0.3 is 0 Å². The van der Waals surface area contributed by atoms with E-state index in [4.69, 9.17) is 0 Å². The number of pyridine rings is 1. The molecule has 0 saturated heterocycles. The molecule has 0 spiro atoms. The van der Waals surface area contributed by atoms with E-state index in [9.17, 15) is 9.90 Å². The summed E-state index contributed by atoms with van der Waals surface area (Å²) in [7, 11) is 0. The van der Waals surface area contributed by atoms with Crippen LogP contribution in [-0.4, -0.2) is 16.0 Å². The molecule has 1 amide bonds. The zero-order chi connectivity index (χ0) is 13.7. The van der Waals surface area contributed by atoms with E-state index in [-0.39, 0.29) is 17.2 Å². The van der Waals surface area contributed by atoms with Crippen LogP contribution in [0, 0.1) is 0 Å². The second-order valence-corrected chi connectivity index (χ2v) is 4.20. The third kappa shape index (κ3) is 3.10. The van der Waals surface area contributed by atoms with Crippen molar-refractivity contribution in [1.82, 2.24) is 10.3 Å². The first-order chi connectivity index (χ1) is 9.22. The van der Waals surface area contributed by atoms with Crippen LogP contribution in [0.25, 0.3) is 0 Å². The van der Waals surface area contributed by atoms with Crippen LogP contribution < -0.4 is 5.32 Å². The van der Waals surface area contributed by atoms with Crippen LogP contribution in [0.4, 0.5) is 0 Å². The van der Waals surface area contributed by atoms with Crippen molar-refractivity contribution in [1.29, 1.82) is 0 Å². The molecule has 0 fully saturated rings. The highest BCUT2D eigenvalue weighted by molar-refractivity contribution is 5.96. The number of carbonyl (C=O) groups is 1. The molecule has 2 aromatic rings. The molecule has 0 radical (unpaired) electrons. The molecule has 0 atom stereocenters. The Kier molecular flexibility index (Phi) is 4.13. The standard InChI is InChI=1S/C15H16N2O2/c1-2-11-5-3-4-6-12(11)9-17-15(19)13-7-8-16-10-14(13)18/h3-8,10,18H,2,9H2,1H3,(H,17,19). The first-order valence-corrected chi connectivity index (χ1v) is 6.20. The third-order valence-electron chi connectivity index (χ3n) is 2.98. The minimum Gasteiger partial charge on any atom is -0.505 e. The molecular formula is C15H16N2O2. The first-order valence-electron chi connectivity index (χ1n) is 6.20. The van der Waals surface area contributed by atoms with Crippen LogP contribution in [-0.2, 0) is 13.0 Å². The van der Waals surface area contributed by atoms with Crippen LogP contribution in [0.15, 0.2) is 42.7 Å². The average Bonchev–Trinajstić information content (AvgIpc) is 2.45. The van der Waals surface area contributed by atoms with E-state index < -0.39 is 0 Å². The van der Waals surface area contributed by atoms with E-state index in [0.29, 0.717) is 6.54 Å². The minimum atomic E-state index is -0.300. The van der Waals surface area contributed by atoms with Gasteiger partial charge in [0.2, 0.25) is 0 Å². The summed E-state index contributed by atoms with van der Waals surface area (Å²) < 4.78 is 0. The van der Waals surface area contributed by atoms with Crippen LogP contribution in [0.2, 0.25) is 0 Å². The Morgan fingerprint density at radius 1 is 1.26 bits per heavy atom. The second-order valence-electron chi connectivity index (χ2n) is 4.20. The molecule has 0 aliphatic rings. The fourth-order valence-electron chi connectivity index (χ4n) is 1.92. The van der Waals surface area contributed by atoms with E-state index in [1.807, 2.05) is 24.3 Å². The summed E-state index contributed by atoms with van der Waals surface area (Å²) in [4.78, 5) is 15.7. The summed E-state index contributed by atoms with van der Waals surface area (Å²) in [6.45, 7) is 2.53. The van der Waals surface area contributed by atoms with Gasteiger partial charge in [-0.1, -0.05) is 31.2 Å². The number of rotatable bonds is 4. The van der Waals surface area contributed by atoms with Gasteiger partial charge < -0.3 is 10.4 Å². The number of hydrogen-bond donors (Lipinski definition) is 2. The number of benzene rings is 1. The van der Waals surface area contributed by atoms with Gasteiger partial charge in [0.1, 0.15) is 5.75 Å². The molecule has 1 aromatic heterocycles. The molecule has 2 rings (SSSR count). The van der Waals surface area contributed by atoms with Crippen molar-refractivity contribution >= 4 is 5.91 Å². The van der Waals surface area contributed by atoms with Crippen molar-refractivity contribution in [2.24, 2.45) is 0 Å². The van der Waals surface area contributed by atoms with E-state index in [1.165, 1.54) is 24.0 Å². The quantitative estimate of drug-likeness (QED) is 0.882. The Morgan fingerprint density at radius 2 is 2.00 bits per heavy atom. The van der Waals surface area contributed by atoms with Gasteiger partial charge in [-0.05, 0) is 23.6 Å². The summed E-state index contributed by atoms with van der Waals surface area (Å²) in [5.74, 6) is -0.408. The SMILES string of the molecule is CCc1ccccc1CNC(=O)c1ccncc1O. The average molecular weight is 256 g/mol. The van der Waals surface area contributed by atoms with Crippen molar-refractivity contribution < 1.29 is 9.90 Å². The Hall–Kier alpha value is -2.36. The molecule has 4 heteroatoms. The van der Waals surface area contributed by atoms with Crippen molar-refractivity contribution in [3.63, 3.8) is 0 Å². The maximum Gasteiger partial charge on any atom is 0.255 e. The van der Waals surface area contributed by atoms with E-state index in [2.05, 4.69) is 17.2 Å². The number of nitrogens with zero attached hydrogens (tertiary/aromatic N) is 1. The zero-order valence-electron chi connectivity index (χ0n) is 10.8. The summed E-state index contributed by atoms with van der Waals surface area (Å²) in [5, 5.41) is 12.4. The highest BCUT2D eigenvalue weighted by Gasteiger charge is 2.10. The molecule has 2 N–H and O–H groups in total. The lowest BCUT2D eigenvalue weighted by Gasteiger charge is -2.09. The predicted molar refractivity (Wildman–Crippen MR) is 72.9 cm³/mol. The van der Waals surface area contributed by atoms with Crippen molar-refractivity contribution in [3.05, 3.63) is 59.4 Å². The van der Waals surface area contributed by atoms with Gasteiger partial charge in [0.05, 0.1) is 11.8 Å². The monoisotopic (exact) mass is 256 g/mol.